The Labute approximate surface area is 178 Å². The van der Waals surface area contributed by atoms with Crippen LogP contribution in [0.25, 0.3) is 0 Å². The number of cyclic esters (lactones) is 1. The maximum Gasteiger partial charge on any atom is 0.415 e. The normalized spacial score (nSPS) is 31.7. The van der Waals surface area contributed by atoms with Gasteiger partial charge in [-0.2, -0.15) is 11.8 Å². The topological polar surface area (TPSA) is 71.1 Å². The Balaban J connectivity index is 1.25. The van der Waals surface area contributed by atoms with E-state index in [1.165, 1.54) is 11.0 Å². The first-order valence-corrected chi connectivity index (χ1v) is 11.9. The number of benzene rings is 1. The minimum Gasteiger partial charge on any atom is -0.489 e. The number of rotatable bonds is 4. The van der Waals surface area contributed by atoms with Crippen LogP contribution in [0.5, 0.6) is 5.75 Å². The van der Waals surface area contributed by atoms with E-state index >= 15 is 4.39 Å². The van der Waals surface area contributed by atoms with Crippen molar-refractivity contribution < 1.29 is 23.5 Å². The molecule has 0 radical (unpaired) electrons. The van der Waals surface area contributed by atoms with Crippen molar-refractivity contribution in [2.45, 2.75) is 49.9 Å². The Kier molecular flexibility index (Phi) is 4.30. The van der Waals surface area contributed by atoms with Gasteiger partial charge in [-0.3, -0.25) is 9.69 Å². The number of carbonyl (C=O) groups is 2. The lowest BCUT2D eigenvalue weighted by molar-refractivity contribution is -0.122. The third-order valence-corrected chi connectivity index (χ3v) is 8.09. The van der Waals surface area contributed by atoms with Crippen LogP contribution in [0.4, 0.5) is 20.6 Å². The number of hydrogen-bond donors (Lipinski definition) is 1. The van der Waals surface area contributed by atoms with Crippen molar-refractivity contribution in [3.8, 4) is 5.75 Å². The second-order valence-electron chi connectivity index (χ2n) is 8.79. The summed E-state index contributed by atoms with van der Waals surface area (Å²) in [6.45, 7) is 0.507. The van der Waals surface area contributed by atoms with Crippen molar-refractivity contribution in [3.05, 3.63) is 17.9 Å². The molecule has 6 rings (SSSR count). The van der Waals surface area contributed by atoms with Crippen LogP contribution in [-0.2, 0) is 9.53 Å². The van der Waals surface area contributed by atoms with Crippen LogP contribution in [0, 0.1) is 11.7 Å². The lowest BCUT2D eigenvalue weighted by atomic mass is 10.1. The summed E-state index contributed by atoms with van der Waals surface area (Å²) < 4.78 is 26.7. The van der Waals surface area contributed by atoms with Gasteiger partial charge in [-0.25, -0.2) is 9.18 Å². The van der Waals surface area contributed by atoms with Crippen LogP contribution in [0.1, 0.15) is 25.7 Å². The van der Waals surface area contributed by atoms with Gasteiger partial charge in [-0.05, 0) is 25.7 Å². The standard InChI is InChI=1S/C21H24FN3O4S/c22-14-5-16-18(6-15(14)24-12-3-4-13(24)10-30-9-12)28-8-17-19(29-21(27)25(16)17)7-23-20(26)11-1-2-11/h5-6,11-13,17,19H,1-4,7-10H2,(H,23,26)/t12?,13?,17-,19-/m0/s1. The Morgan fingerprint density at radius 2 is 1.93 bits per heavy atom. The second kappa shape index (κ2) is 6.93. The van der Waals surface area contributed by atoms with Crippen molar-refractivity contribution >= 4 is 35.1 Å². The molecule has 4 atom stereocenters. The molecular weight excluding hydrogens is 409 g/mol. The molecule has 30 heavy (non-hydrogen) atoms. The van der Waals surface area contributed by atoms with E-state index in [9.17, 15) is 9.59 Å². The van der Waals surface area contributed by atoms with Gasteiger partial charge >= 0.3 is 6.09 Å². The van der Waals surface area contributed by atoms with Crippen LogP contribution < -0.4 is 19.9 Å². The summed E-state index contributed by atoms with van der Waals surface area (Å²) >= 11 is 1.94. The molecule has 2 unspecified atom stereocenters. The van der Waals surface area contributed by atoms with E-state index < -0.39 is 12.2 Å². The van der Waals surface area contributed by atoms with Gasteiger partial charge in [0.25, 0.3) is 0 Å². The molecule has 9 heteroatoms. The average molecular weight is 434 g/mol. The third-order valence-electron chi connectivity index (χ3n) is 6.85. The number of ether oxygens (including phenoxy) is 2. The molecule has 0 spiro atoms. The largest absolute Gasteiger partial charge is 0.489 e. The van der Waals surface area contributed by atoms with Gasteiger partial charge in [-0.1, -0.05) is 0 Å². The molecule has 1 saturated carbocycles. The molecule has 5 aliphatic rings. The summed E-state index contributed by atoms with van der Waals surface area (Å²) in [6.07, 6.45) is 2.99. The summed E-state index contributed by atoms with van der Waals surface area (Å²) in [4.78, 5) is 28.2. The lowest BCUT2D eigenvalue weighted by Crippen LogP contribution is -2.48. The monoisotopic (exact) mass is 433 g/mol. The van der Waals surface area contributed by atoms with Crippen molar-refractivity contribution in [2.75, 3.05) is 34.5 Å². The van der Waals surface area contributed by atoms with Gasteiger partial charge in [0.2, 0.25) is 5.91 Å². The van der Waals surface area contributed by atoms with Crippen molar-refractivity contribution in [3.63, 3.8) is 0 Å². The van der Waals surface area contributed by atoms with E-state index in [-0.39, 0.29) is 36.8 Å². The molecule has 4 fully saturated rings. The predicted octanol–water partition coefficient (Wildman–Crippen LogP) is 2.52. The number of amides is 2. The van der Waals surface area contributed by atoms with Crippen molar-refractivity contribution in [1.29, 1.82) is 0 Å². The number of hydrogen-bond acceptors (Lipinski definition) is 6. The summed E-state index contributed by atoms with van der Waals surface area (Å²) in [6, 6.07) is 3.49. The molecule has 2 bridgehead atoms. The predicted molar refractivity (Wildman–Crippen MR) is 111 cm³/mol. The van der Waals surface area contributed by atoms with Gasteiger partial charge < -0.3 is 19.7 Å². The van der Waals surface area contributed by atoms with E-state index in [1.807, 2.05) is 11.8 Å². The van der Waals surface area contributed by atoms with Crippen molar-refractivity contribution in [1.82, 2.24) is 5.32 Å². The molecule has 7 nitrogen and oxygen atoms in total. The van der Waals surface area contributed by atoms with Gasteiger partial charge in [0.15, 0.2) is 0 Å². The minimum absolute atomic E-state index is 0.00615. The highest BCUT2D eigenvalue weighted by molar-refractivity contribution is 7.99. The molecule has 1 aromatic rings. The Hall–Kier alpha value is -2.16. The Morgan fingerprint density at radius 3 is 2.67 bits per heavy atom. The maximum absolute atomic E-state index is 15.2. The Bertz CT molecular complexity index is 894. The smallest absolute Gasteiger partial charge is 0.415 e. The zero-order valence-electron chi connectivity index (χ0n) is 16.5. The van der Waals surface area contributed by atoms with E-state index in [2.05, 4.69) is 10.2 Å². The summed E-state index contributed by atoms with van der Waals surface area (Å²) in [7, 11) is 0. The number of fused-ring (bicyclic) bond motifs is 5. The van der Waals surface area contributed by atoms with Gasteiger partial charge in [0.1, 0.15) is 30.3 Å². The highest BCUT2D eigenvalue weighted by Gasteiger charge is 2.48. The van der Waals surface area contributed by atoms with Gasteiger partial charge in [0, 0.05) is 41.6 Å². The molecule has 2 amide bonds. The molecule has 1 aromatic carbocycles. The molecule has 1 N–H and O–H groups in total. The highest BCUT2D eigenvalue weighted by Crippen LogP contribution is 2.45. The zero-order valence-corrected chi connectivity index (χ0v) is 17.3. The first-order valence-electron chi connectivity index (χ1n) is 10.7. The molecule has 4 aliphatic heterocycles. The van der Waals surface area contributed by atoms with Crippen LogP contribution in [0.15, 0.2) is 12.1 Å². The summed E-state index contributed by atoms with van der Waals surface area (Å²) in [5.74, 6) is 2.31. The maximum atomic E-state index is 15.2. The molecule has 160 valence electrons. The minimum atomic E-state index is -0.517. The summed E-state index contributed by atoms with van der Waals surface area (Å²) in [5.41, 5.74) is 0.980. The first-order chi connectivity index (χ1) is 14.6. The number of anilines is 2. The molecule has 1 aliphatic carbocycles. The van der Waals surface area contributed by atoms with Gasteiger partial charge in [-0.15, -0.1) is 0 Å². The molecule has 3 saturated heterocycles. The third kappa shape index (κ3) is 2.92. The van der Waals surface area contributed by atoms with E-state index in [4.69, 9.17) is 9.47 Å². The van der Waals surface area contributed by atoms with Crippen molar-refractivity contribution in [2.24, 2.45) is 5.92 Å². The number of halogens is 1. The van der Waals surface area contributed by atoms with Crippen LogP contribution in [0.3, 0.4) is 0 Å². The first kappa shape index (κ1) is 18.6. The average Bonchev–Trinajstić information content (AvgIpc) is 3.50. The van der Waals surface area contributed by atoms with Crippen LogP contribution in [-0.4, -0.2) is 60.9 Å². The van der Waals surface area contributed by atoms with E-state index in [0.717, 1.165) is 37.2 Å². The van der Waals surface area contributed by atoms with Crippen LogP contribution >= 0.6 is 11.8 Å². The lowest BCUT2D eigenvalue weighted by Gasteiger charge is -2.38. The summed E-state index contributed by atoms with van der Waals surface area (Å²) in [5, 5.41) is 2.86. The molecule has 0 aromatic heterocycles. The number of carbonyl (C=O) groups excluding carboxylic acids is 2. The van der Waals surface area contributed by atoms with Crippen LogP contribution in [0.2, 0.25) is 0 Å². The number of nitrogens with zero attached hydrogens (tertiary/aromatic N) is 2. The Morgan fingerprint density at radius 1 is 1.17 bits per heavy atom. The second-order valence-corrected chi connectivity index (χ2v) is 9.87. The fourth-order valence-electron chi connectivity index (χ4n) is 5.13. The molecular formula is C21H24FN3O4S. The fourth-order valence-corrected chi connectivity index (χ4v) is 6.46. The number of nitrogens with one attached hydrogen (secondary N) is 1. The number of thioether (sulfide) groups is 1. The molecule has 4 heterocycles. The highest BCUT2D eigenvalue weighted by atomic mass is 32.2. The fraction of sp³-hybridized carbons (Fsp3) is 0.619. The zero-order chi connectivity index (χ0) is 20.4. The van der Waals surface area contributed by atoms with Gasteiger partial charge in [0.05, 0.1) is 17.9 Å². The van der Waals surface area contributed by atoms with E-state index in [1.54, 1.807) is 6.07 Å². The quantitative estimate of drug-likeness (QED) is 0.787. The van der Waals surface area contributed by atoms with E-state index in [0.29, 0.717) is 29.2 Å². The SMILES string of the molecule is O=C(NC[C@@H]1OC(=O)N2c3cc(F)c(N4C5CCC4CSC5)cc3OC[C@@H]12)C1CC1.